The summed E-state index contributed by atoms with van der Waals surface area (Å²) < 4.78 is 5.42. The van der Waals surface area contributed by atoms with Gasteiger partial charge in [0.1, 0.15) is 5.75 Å². The monoisotopic (exact) mass is 269 g/mol. The van der Waals surface area contributed by atoms with Crippen molar-refractivity contribution in [2.45, 2.75) is 6.92 Å². The molecule has 1 heterocycles. The molecule has 0 spiro atoms. The number of likely N-dealkylation sites (tertiary alicyclic amines) is 1. The van der Waals surface area contributed by atoms with Crippen LogP contribution in [0, 0.1) is 12.8 Å². The number of rotatable bonds is 4. The Kier molecular flexibility index (Phi) is 4.09. The average molecular weight is 270 g/mol. The van der Waals surface area contributed by atoms with Crippen LogP contribution in [0.2, 0.25) is 5.02 Å². The molecule has 1 aromatic carbocycles. The summed E-state index contributed by atoms with van der Waals surface area (Å²) >= 11 is 5.90. The SMILES string of the molecule is Cc1cc(OCC(=O)N2CC(CO)C2)ccc1Cl. The second-order valence-corrected chi connectivity index (χ2v) is 4.95. The first-order valence-electron chi connectivity index (χ1n) is 5.87. The molecule has 18 heavy (non-hydrogen) atoms. The average Bonchev–Trinajstić information content (AvgIpc) is 2.29. The lowest BCUT2D eigenvalue weighted by Gasteiger charge is -2.38. The van der Waals surface area contributed by atoms with Crippen molar-refractivity contribution in [3.63, 3.8) is 0 Å². The van der Waals surface area contributed by atoms with Crippen molar-refractivity contribution in [2.24, 2.45) is 5.92 Å². The van der Waals surface area contributed by atoms with Crippen LogP contribution in [-0.4, -0.2) is 42.2 Å². The lowest BCUT2D eigenvalue weighted by Crippen LogP contribution is -2.52. The minimum atomic E-state index is -0.0488. The molecule has 4 nitrogen and oxygen atoms in total. The first kappa shape index (κ1) is 13.2. The van der Waals surface area contributed by atoms with E-state index in [1.54, 1.807) is 17.0 Å². The highest BCUT2D eigenvalue weighted by Crippen LogP contribution is 2.21. The zero-order chi connectivity index (χ0) is 13.1. The largest absolute Gasteiger partial charge is 0.484 e. The normalized spacial score (nSPS) is 15.4. The van der Waals surface area contributed by atoms with Crippen molar-refractivity contribution >= 4 is 17.5 Å². The van der Waals surface area contributed by atoms with Gasteiger partial charge in [-0.15, -0.1) is 0 Å². The molecule has 0 atom stereocenters. The highest BCUT2D eigenvalue weighted by Gasteiger charge is 2.29. The van der Waals surface area contributed by atoms with E-state index in [-0.39, 0.29) is 25.0 Å². The zero-order valence-electron chi connectivity index (χ0n) is 10.2. The Morgan fingerprint density at radius 3 is 2.89 bits per heavy atom. The van der Waals surface area contributed by atoms with Gasteiger partial charge in [-0.25, -0.2) is 0 Å². The summed E-state index contributed by atoms with van der Waals surface area (Å²) in [5.74, 6) is 0.823. The Hall–Kier alpha value is -1.26. The van der Waals surface area contributed by atoms with Crippen LogP contribution >= 0.6 is 11.6 Å². The van der Waals surface area contributed by atoms with E-state index in [9.17, 15) is 4.79 Å². The molecule has 1 aromatic rings. The van der Waals surface area contributed by atoms with Crippen LogP contribution in [0.1, 0.15) is 5.56 Å². The maximum atomic E-state index is 11.7. The number of aliphatic hydroxyl groups is 1. The molecule has 1 fully saturated rings. The molecule has 0 aliphatic carbocycles. The lowest BCUT2D eigenvalue weighted by atomic mass is 10.0. The second-order valence-electron chi connectivity index (χ2n) is 4.55. The molecular weight excluding hydrogens is 254 g/mol. The van der Waals surface area contributed by atoms with Crippen LogP contribution in [0.4, 0.5) is 0 Å². The highest BCUT2D eigenvalue weighted by atomic mass is 35.5. The van der Waals surface area contributed by atoms with Crippen LogP contribution in [0.5, 0.6) is 5.75 Å². The molecule has 0 unspecified atom stereocenters. The molecule has 1 amide bonds. The number of hydrogen-bond acceptors (Lipinski definition) is 3. The maximum Gasteiger partial charge on any atom is 0.260 e. The number of aryl methyl sites for hydroxylation is 1. The second kappa shape index (κ2) is 5.59. The van der Waals surface area contributed by atoms with Gasteiger partial charge in [-0.3, -0.25) is 4.79 Å². The van der Waals surface area contributed by atoms with Gasteiger partial charge in [0.05, 0.1) is 0 Å². The summed E-state index contributed by atoms with van der Waals surface area (Å²) in [5, 5.41) is 9.55. The number of aliphatic hydroxyl groups excluding tert-OH is 1. The summed E-state index contributed by atoms with van der Waals surface area (Å²) in [7, 11) is 0. The molecule has 1 N–H and O–H groups in total. The molecule has 0 aromatic heterocycles. The summed E-state index contributed by atoms with van der Waals surface area (Å²) in [6.07, 6.45) is 0. The third-order valence-electron chi connectivity index (χ3n) is 3.06. The van der Waals surface area contributed by atoms with E-state index in [0.29, 0.717) is 23.9 Å². The Morgan fingerprint density at radius 2 is 2.28 bits per heavy atom. The van der Waals surface area contributed by atoms with Crippen molar-refractivity contribution in [3.05, 3.63) is 28.8 Å². The van der Waals surface area contributed by atoms with E-state index >= 15 is 0 Å². The Labute approximate surface area is 111 Å². The van der Waals surface area contributed by atoms with Crippen molar-refractivity contribution in [2.75, 3.05) is 26.3 Å². The minimum absolute atomic E-state index is 0.0270. The molecule has 1 aliphatic rings. The molecule has 0 bridgehead atoms. The number of halogens is 1. The van der Waals surface area contributed by atoms with E-state index in [1.165, 1.54) is 0 Å². The van der Waals surface area contributed by atoms with Gasteiger partial charge in [-0.05, 0) is 30.7 Å². The van der Waals surface area contributed by atoms with E-state index in [2.05, 4.69) is 0 Å². The van der Waals surface area contributed by atoms with Crippen molar-refractivity contribution in [3.8, 4) is 5.75 Å². The van der Waals surface area contributed by atoms with E-state index in [1.807, 2.05) is 13.0 Å². The van der Waals surface area contributed by atoms with Gasteiger partial charge in [0.2, 0.25) is 0 Å². The fraction of sp³-hybridized carbons (Fsp3) is 0.462. The van der Waals surface area contributed by atoms with Crippen molar-refractivity contribution in [1.82, 2.24) is 4.90 Å². The van der Waals surface area contributed by atoms with Gasteiger partial charge < -0.3 is 14.7 Å². The number of benzene rings is 1. The zero-order valence-corrected chi connectivity index (χ0v) is 11.0. The number of ether oxygens (including phenoxy) is 1. The fourth-order valence-electron chi connectivity index (χ4n) is 1.83. The van der Waals surface area contributed by atoms with Crippen LogP contribution in [0.3, 0.4) is 0 Å². The fourth-order valence-corrected chi connectivity index (χ4v) is 1.95. The molecule has 5 heteroatoms. The summed E-state index contributed by atoms with van der Waals surface area (Å²) in [6, 6.07) is 5.31. The number of carbonyl (C=O) groups excluding carboxylic acids is 1. The minimum Gasteiger partial charge on any atom is -0.484 e. The smallest absolute Gasteiger partial charge is 0.260 e. The number of hydrogen-bond donors (Lipinski definition) is 1. The molecule has 2 rings (SSSR count). The van der Waals surface area contributed by atoms with Crippen molar-refractivity contribution in [1.29, 1.82) is 0 Å². The maximum absolute atomic E-state index is 11.7. The van der Waals surface area contributed by atoms with Gasteiger partial charge in [-0.1, -0.05) is 11.6 Å². The summed E-state index contributed by atoms with van der Waals surface area (Å²) in [4.78, 5) is 13.4. The van der Waals surface area contributed by atoms with Gasteiger partial charge in [0.25, 0.3) is 5.91 Å². The third-order valence-corrected chi connectivity index (χ3v) is 3.48. The molecular formula is C13H16ClNO3. The van der Waals surface area contributed by atoms with E-state index in [0.717, 1.165) is 5.56 Å². The standard InChI is InChI=1S/C13H16ClNO3/c1-9-4-11(2-3-12(9)14)18-8-13(17)15-5-10(6-15)7-16/h2-4,10,16H,5-8H2,1H3. The molecule has 1 saturated heterocycles. The predicted octanol–water partition coefficient (Wildman–Crippen LogP) is 1.48. The molecule has 0 radical (unpaired) electrons. The van der Waals surface area contributed by atoms with Crippen LogP contribution < -0.4 is 4.74 Å². The van der Waals surface area contributed by atoms with Gasteiger partial charge in [0, 0.05) is 30.6 Å². The molecule has 1 aliphatic heterocycles. The lowest BCUT2D eigenvalue weighted by molar-refractivity contribution is -0.140. The van der Waals surface area contributed by atoms with Crippen molar-refractivity contribution < 1.29 is 14.6 Å². The number of amides is 1. The van der Waals surface area contributed by atoms with Crippen LogP contribution in [0.15, 0.2) is 18.2 Å². The van der Waals surface area contributed by atoms with Gasteiger partial charge >= 0.3 is 0 Å². The first-order chi connectivity index (χ1) is 8.60. The Morgan fingerprint density at radius 1 is 1.56 bits per heavy atom. The highest BCUT2D eigenvalue weighted by molar-refractivity contribution is 6.31. The summed E-state index contributed by atoms with van der Waals surface area (Å²) in [6.45, 7) is 3.30. The molecule has 0 saturated carbocycles. The Balaban J connectivity index is 1.81. The van der Waals surface area contributed by atoms with Crippen LogP contribution in [-0.2, 0) is 4.79 Å². The van der Waals surface area contributed by atoms with Crippen LogP contribution in [0.25, 0.3) is 0 Å². The quantitative estimate of drug-likeness (QED) is 0.901. The predicted molar refractivity (Wildman–Crippen MR) is 68.8 cm³/mol. The topological polar surface area (TPSA) is 49.8 Å². The molecule has 98 valence electrons. The van der Waals surface area contributed by atoms with E-state index < -0.39 is 0 Å². The number of carbonyl (C=O) groups is 1. The van der Waals surface area contributed by atoms with E-state index in [4.69, 9.17) is 21.4 Å². The third kappa shape index (κ3) is 2.94. The first-order valence-corrected chi connectivity index (χ1v) is 6.25. The summed E-state index contributed by atoms with van der Waals surface area (Å²) in [5.41, 5.74) is 0.922. The number of nitrogens with zero attached hydrogens (tertiary/aromatic N) is 1. The Bertz CT molecular complexity index is 444. The van der Waals surface area contributed by atoms with Gasteiger partial charge in [-0.2, -0.15) is 0 Å². The van der Waals surface area contributed by atoms with Gasteiger partial charge in [0.15, 0.2) is 6.61 Å².